The van der Waals surface area contributed by atoms with Crippen molar-refractivity contribution < 1.29 is 28.9 Å². The third kappa shape index (κ3) is 8.14. The standard InChI is InChI=1S/C48H54N4O4S2/c1-47(2)33-19-11-13-21-35(33)51(29-15-7-9-27-45(53)54)41(47)23-17-25-43-49(5)37-31-38-40(32-39(37)57-43)58-44(50(38)6)26-18-24-42-48(3,4)34-20-12-14-22-36(34)52(42)30-16-8-10-28-46(55)56/h11-14,17-26,31-32H,7-10,15-16,27-30H2,1-6H3. The third-order valence-corrected chi connectivity index (χ3v) is 14.3. The molecule has 7 rings (SSSR count). The average molecular weight is 815 g/mol. The molecule has 5 aromatic rings. The number of para-hydroxylation sites is 2. The molecular weight excluding hydrogens is 761 g/mol. The number of nitrogens with zero attached hydrogens (tertiary/aromatic N) is 4. The van der Waals surface area contributed by atoms with Gasteiger partial charge in [0, 0.05) is 70.8 Å². The van der Waals surface area contributed by atoms with Crippen LogP contribution in [0.1, 0.15) is 100 Å². The van der Waals surface area contributed by atoms with E-state index in [1.54, 1.807) is 22.7 Å². The summed E-state index contributed by atoms with van der Waals surface area (Å²) in [5, 5.41) is 24.2. The summed E-state index contributed by atoms with van der Waals surface area (Å²) in [6, 6.07) is 21.9. The maximum Gasteiger partial charge on any atom is 0.262 e. The lowest BCUT2D eigenvalue weighted by molar-refractivity contribution is -0.646. The number of thiazole rings is 2. The fraction of sp³-hybridized carbons (Fsp3) is 0.375. The molecule has 0 bridgehead atoms. The Kier molecular flexibility index (Phi) is 12.1. The Morgan fingerprint density at radius 1 is 0.621 bits per heavy atom. The summed E-state index contributed by atoms with van der Waals surface area (Å²) in [7, 11) is 4.28. The Morgan fingerprint density at radius 2 is 1.03 bits per heavy atom. The van der Waals surface area contributed by atoms with Crippen LogP contribution < -0.4 is 29.1 Å². The van der Waals surface area contributed by atoms with Crippen LogP contribution in [0.3, 0.4) is 0 Å². The van der Waals surface area contributed by atoms with E-state index in [2.05, 4.69) is 158 Å². The van der Waals surface area contributed by atoms with Crippen molar-refractivity contribution in [1.82, 2.24) is 0 Å². The molecule has 0 aliphatic carbocycles. The van der Waals surface area contributed by atoms with Crippen molar-refractivity contribution in [3.05, 3.63) is 118 Å². The molecule has 2 aromatic heterocycles. The Morgan fingerprint density at radius 3 is 1.45 bits per heavy atom. The molecule has 0 fully saturated rings. The van der Waals surface area contributed by atoms with Gasteiger partial charge in [-0.25, -0.2) is 0 Å². The number of aliphatic carboxylic acids is 2. The Hall–Kier alpha value is -5.06. The van der Waals surface area contributed by atoms with Gasteiger partial charge in [-0.2, -0.15) is 9.13 Å². The minimum absolute atomic E-state index is 0.112. The second-order valence-electron chi connectivity index (χ2n) is 16.6. The minimum atomic E-state index is -0.977. The number of benzene rings is 3. The number of aromatic nitrogens is 2. The number of unbranched alkanes of at least 4 members (excludes halogenated alkanes) is 4. The van der Waals surface area contributed by atoms with Gasteiger partial charge in [0.15, 0.2) is 0 Å². The first-order valence-electron chi connectivity index (χ1n) is 20.5. The van der Waals surface area contributed by atoms with Crippen LogP contribution in [0.4, 0.5) is 11.4 Å². The second-order valence-corrected chi connectivity index (χ2v) is 18.7. The fourth-order valence-electron chi connectivity index (χ4n) is 8.76. The highest BCUT2D eigenvalue weighted by atomic mass is 32.1. The van der Waals surface area contributed by atoms with E-state index in [0.717, 1.165) is 38.8 Å². The second kappa shape index (κ2) is 17.0. The zero-order chi connectivity index (χ0) is 41.2. The molecule has 58 heavy (non-hydrogen) atoms. The van der Waals surface area contributed by atoms with Gasteiger partial charge < -0.3 is 29.6 Å². The van der Waals surface area contributed by atoms with Gasteiger partial charge in [0.2, 0.25) is 11.0 Å². The lowest BCUT2D eigenvalue weighted by Crippen LogP contribution is -2.31. The summed E-state index contributed by atoms with van der Waals surface area (Å²) in [4.78, 5) is 26.7. The molecule has 0 atom stereocenters. The quantitative estimate of drug-likeness (QED) is 0.0747. The normalized spacial score (nSPS) is 17.2. The molecule has 0 saturated heterocycles. The summed E-state index contributed by atoms with van der Waals surface area (Å²) >= 11 is 3.60. The number of carboxylic acid groups (broad SMARTS) is 2. The Bertz CT molecular complexity index is 2320. The maximum absolute atomic E-state index is 10.9. The SMILES string of the molecule is C[n+]1c(/C=C/C=C2\N(CCCCCC(=O)[O-])c3ccccc3C2(C)C)sc2cc3sc(/C=C/C=C4/N(CCCCCC(=O)[O-])c5ccccc5C4(C)C)[n+](C)c3cc21. The van der Waals surface area contributed by atoms with Crippen molar-refractivity contribution >= 4 is 78.6 Å². The highest BCUT2D eigenvalue weighted by molar-refractivity contribution is 7.21. The molecule has 0 N–H and O–H groups in total. The molecular formula is C48H54N4O4S2. The van der Waals surface area contributed by atoms with Crippen molar-refractivity contribution in [2.45, 2.75) is 89.9 Å². The molecule has 10 heteroatoms. The Labute approximate surface area is 350 Å². The van der Waals surface area contributed by atoms with Crippen LogP contribution in [0.2, 0.25) is 0 Å². The van der Waals surface area contributed by atoms with Crippen molar-refractivity contribution in [2.24, 2.45) is 14.1 Å². The van der Waals surface area contributed by atoms with Gasteiger partial charge in [0.05, 0.1) is 6.07 Å². The molecule has 0 amide bonds. The predicted molar refractivity (Wildman–Crippen MR) is 234 cm³/mol. The van der Waals surface area contributed by atoms with E-state index >= 15 is 0 Å². The highest BCUT2D eigenvalue weighted by Crippen LogP contribution is 2.49. The van der Waals surface area contributed by atoms with E-state index in [-0.39, 0.29) is 23.7 Å². The lowest BCUT2D eigenvalue weighted by atomic mass is 9.84. The summed E-state index contributed by atoms with van der Waals surface area (Å²) in [5.74, 6) is -1.95. The number of carbonyl (C=O) groups is 2. The van der Waals surface area contributed by atoms with Gasteiger partial charge >= 0.3 is 0 Å². The van der Waals surface area contributed by atoms with E-state index in [4.69, 9.17) is 0 Å². The predicted octanol–water partition coefficient (Wildman–Crippen LogP) is 7.78. The average Bonchev–Trinajstić information content (AvgIpc) is 3.81. The van der Waals surface area contributed by atoms with Gasteiger partial charge in [-0.3, -0.25) is 0 Å². The highest BCUT2D eigenvalue weighted by Gasteiger charge is 2.40. The largest absolute Gasteiger partial charge is 0.550 e. The van der Waals surface area contributed by atoms with Gasteiger partial charge in [-0.15, -0.1) is 0 Å². The molecule has 0 radical (unpaired) electrons. The minimum Gasteiger partial charge on any atom is -0.550 e. The van der Waals surface area contributed by atoms with Gasteiger partial charge in [-0.1, -0.05) is 112 Å². The molecule has 8 nitrogen and oxygen atoms in total. The van der Waals surface area contributed by atoms with E-state index in [9.17, 15) is 19.8 Å². The monoisotopic (exact) mass is 814 g/mol. The van der Waals surface area contributed by atoms with Crippen LogP contribution in [-0.4, -0.2) is 25.0 Å². The summed E-state index contributed by atoms with van der Waals surface area (Å²) in [5.41, 5.74) is 9.66. The van der Waals surface area contributed by atoms with Gasteiger partial charge in [0.1, 0.15) is 23.5 Å². The van der Waals surface area contributed by atoms with Crippen LogP contribution in [0, 0.1) is 0 Å². The summed E-state index contributed by atoms with van der Waals surface area (Å²) < 4.78 is 7.05. The van der Waals surface area contributed by atoms with Crippen LogP contribution in [0.15, 0.2) is 96.4 Å². The van der Waals surface area contributed by atoms with Crippen LogP contribution in [-0.2, 0) is 34.5 Å². The first-order chi connectivity index (χ1) is 27.8. The molecule has 3 aromatic carbocycles. The van der Waals surface area contributed by atoms with Crippen LogP contribution >= 0.6 is 22.7 Å². The summed E-state index contributed by atoms with van der Waals surface area (Å²) in [6.07, 6.45) is 18.3. The number of anilines is 2. The first-order valence-corrected chi connectivity index (χ1v) is 22.1. The van der Waals surface area contributed by atoms with Crippen molar-refractivity contribution in [2.75, 3.05) is 22.9 Å². The first kappa shape index (κ1) is 41.1. The number of aryl methyl sites for hydroxylation is 2. The molecule has 2 aliphatic heterocycles. The zero-order valence-corrected chi connectivity index (χ0v) is 36.2. The van der Waals surface area contributed by atoms with Crippen LogP contribution in [0.25, 0.3) is 32.6 Å². The number of hydrogen-bond donors (Lipinski definition) is 0. The number of allylic oxidation sites excluding steroid dienone is 6. The van der Waals surface area contributed by atoms with E-state index < -0.39 is 11.9 Å². The fourth-order valence-corrected chi connectivity index (χ4v) is 11.0. The number of carboxylic acids is 2. The zero-order valence-electron chi connectivity index (χ0n) is 34.5. The maximum atomic E-state index is 10.9. The molecule has 2 aliphatic rings. The number of hydrogen-bond acceptors (Lipinski definition) is 8. The van der Waals surface area contributed by atoms with Crippen molar-refractivity contribution in [3.8, 4) is 0 Å². The third-order valence-electron chi connectivity index (χ3n) is 12.0. The Balaban J connectivity index is 1.11. The van der Waals surface area contributed by atoms with E-state index in [0.29, 0.717) is 12.8 Å². The molecule has 0 spiro atoms. The van der Waals surface area contributed by atoms with Crippen molar-refractivity contribution in [3.63, 3.8) is 0 Å². The topological polar surface area (TPSA) is 94.5 Å². The smallest absolute Gasteiger partial charge is 0.262 e. The molecule has 0 unspecified atom stereocenters. The van der Waals surface area contributed by atoms with Crippen molar-refractivity contribution in [1.29, 1.82) is 0 Å². The van der Waals surface area contributed by atoms with Gasteiger partial charge in [-0.05, 0) is 80.0 Å². The number of rotatable bonds is 16. The van der Waals surface area contributed by atoms with E-state index in [1.165, 1.54) is 64.3 Å². The molecule has 4 heterocycles. The number of carbonyl (C=O) groups excluding carboxylic acids is 2. The van der Waals surface area contributed by atoms with E-state index in [1.807, 2.05) is 0 Å². The summed E-state index contributed by atoms with van der Waals surface area (Å²) in [6.45, 7) is 10.8. The lowest BCUT2D eigenvalue weighted by Gasteiger charge is -2.27. The molecule has 0 saturated carbocycles. The van der Waals surface area contributed by atoms with Crippen LogP contribution in [0.5, 0.6) is 0 Å². The number of fused-ring (bicyclic) bond motifs is 4. The van der Waals surface area contributed by atoms with Gasteiger partial charge in [0.25, 0.3) is 10.0 Å². The molecule has 302 valence electrons.